The highest BCUT2D eigenvalue weighted by Gasteiger charge is 2.12. The van der Waals surface area contributed by atoms with Gasteiger partial charge < -0.3 is 5.32 Å². The maximum absolute atomic E-state index is 11.2. The molecule has 1 aromatic heterocycles. The Balaban J connectivity index is 2.23. The van der Waals surface area contributed by atoms with E-state index in [0.717, 1.165) is 5.56 Å². The van der Waals surface area contributed by atoms with E-state index in [1.54, 1.807) is 10.9 Å². The van der Waals surface area contributed by atoms with Gasteiger partial charge in [-0.15, -0.1) is 11.6 Å². The third-order valence-corrected chi connectivity index (χ3v) is 2.19. The molecule has 0 bridgehead atoms. The lowest BCUT2D eigenvalue weighted by atomic mass is 10.4. The van der Waals surface area contributed by atoms with Crippen molar-refractivity contribution in [3.05, 3.63) is 18.0 Å². The van der Waals surface area contributed by atoms with E-state index in [1.807, 2.05) is 13.1 Å². The highest BCUT2D eigenvalue weighted by Crippen LogP contribution is 1.93. The molecule has 2 N–H and O–H groups in total. The average Bonchev–Trinajstić information content (AvgIpc) is 2.64. The fourth-order valence-corrected chi connectivity index (χ4v) is 1.18. The second-order valence-corrected chi connectivity index (χ2v) is 4.30. The quantitative estimate of drug-likeness (QED) is 0.779. The van der Waals surface area contributed by atoms with Crippen molar-refractivity contribution in [2.45, 2.75) is 25.8 Å². The first-order valence-electron chi connectivity index (χ1n) is 5.21. The van der Waals surface area contributed by atoms with Crippen LogP contribution in [0.3, 0.4) is 0 Å². The molecule has 0 radical (unpaired) electrons. The molecule has 1 rings (SSSR count). The van der Waals surface area contributed by atoms with Gasteiger partial charge in [0.15, 0.2) is 0 Å². The molecule has 94 valence electrons. The smallest absolute Gasteiger partial charge is 0.321 e. The van der Waals surface area contributed by atoms with Crippen molar-refractivity contribution in [2.75, 3.05) is 6.54 Å². The van der Waals surface area contributed by atoms with E-state index in [0.29, 0.717) is 13.1 Å². The number of nitrogens with one attached hydrogen (secondary N) is 2. The van der Waals surface area contributed by atoms with Gasteiger partial charge in [0.05, 0.1) is 12.7 Å². The first-order chi connectivity index (χ1) is 7.99. The van der Waals surface area contributed by atoms with Gasteiger partial charge in [-0.1, -0.05) is 0 Å². The molecule has 17 heavy (non-hydrogen) atoms. The van der Waals surface area contributed by atoms with Crippen LogP contribution in [-0.4, -0.2) is 33.6 Å². The van der Waals surface area contributed by atoms with Crippen LogP contribution in [0.1, 0.15) is 12.5 Å². The Morgan fingerprint density at radius 1 is 1.59 bits per heavy atom. The molecule has 1 unspecified atom stereocenters. The molecule has 0 spiro atoms. The molecule has 0 saturated carbocycles. The molecule has 0 aliphatic heterocycles. The van der Waals surface area contributed by atoms with Crippen LogP contribution in [0.15, 0.2) is 12.4 Å². The molecular weight excluding hydrogens is 244 g/mol. The molecule has 0 saturated heterocycles. The predicted octanol–water partition coefficient (Wildman–Crippen LogP) is 0.645. The molecule has 6 nitrogen and oxygen atoms in total. The van der Waals surface area contributed by atoms with E-state index in [2.05, 4.69) is 15.7 Å². The molecule has 0 aliphatic rings. The minimum Gasteiger partial charge on any atom is -0.336 e. The molecule has 1 aromatic rings. The van der Waals surface area contributed by atoms with Crippen molar-refractivity contribution in [3.63, 3.8) is 0 Å². The van der Waals surface area contributed by atoms with Gasteiger partial charge in [-0.3, -0.25) is 14.8 Å². The Morgan fingerprint density at radius 3 is 2.82 bits per heavy atom. The van der Waals surface area contributed by atoms with E-state index in [9.17, 15) is 9.59 Å². The zero-order valence-electron chi connectivity index (χ0n) is 9.74. The lowest BCUT2D eigenvalue weighted by Crippen LogP contribution is -2.43. The Morgan fingerprint density at radius 2 is 2.29 bits per heavy atom. The highest BCUT2D eigenvalue weighted by atomic mass is 35.5. The van der Waals surface area contributed by atoms with Crippen molar-refractivity contribution >= 4 is 23.5 Å². The summed E-state index contributed by atoms with van der Waals surface area (Å²) in [5.74, 6) is -0.515. The number of carbonyl (C=O) groups is 2. The van der Waals surface area contributed by atoms with Crippen LogP contribution in [0.4, 0.5) is 4.79 Å². The lowest BCUT2D eigenvalue weighted by Gasteiger charge is -2.07. The van der Waals surface area contributed by atoms with Gasteiger partial charge in [0, 0.05) is 12.7 Å². The van der Waals surface area contributed by atoms with Crippen LogP contribution in [-0.2, 0) is 11.3 Å². The number of hydrogen-bond donors (Lipinski definition) is 2. The summed E-state index contributed by atoms with van der Waals surface area (Å²) in [5, 5.41) is 7.99. The number of imide groups is 1. The van der Waals surface area contributed by atoms with Gasteiger partial charge in [0.1, 0.15) is 5.38 Å². The van der Waals surface area contributed by atoms with Crippen LogP contribution in [0, 0.1) is 6.92 Å². The summed E-state index contributed by atoms with van der Waals surface area (Å²) in [6.45, 7) is 4.36. The normalized spacial score (nSPS) is 11.9. The predicted molar refractivity (Wildman–Crippen MR) is 63.8 cm³/mol. The maximum atomic E-state index is 11.2. The minimum absolute atomic E-state index is 0.386. The molecule has 0 aromatic carbocycles. The van der Waals surface area contributed by atoms with Gasteiger partial charge in [-0.25, -0.2) is 4.79 Å². The Kier molecular flexibility index (Phi) is 4.96. The summed E-state index contributed by atoms with van der Waals surface area (Å²) in [6.07, 6.45) is 3.60. The number of urea groups is 1. The van der Waals surface area contributed by atoms with E-state index in [1.165, 1.54) is 6.92 Å². The number of amides is 3. The monoisotopic (exact) mass is 258 g/mol. The van der Waals surface area contributed by atoms with E-state index in [-0.39, 0.29) is 0 Å². The second kappa shape index (κ2) is 6.24. The topological polar surface area (TPSA) is 76.0 Å². The fraction of sp³-hybridized carbons (Fsp3) is 0.500. The van der Waals surface area contributed by atoms with Gasteiger partial charge in [0.25, 0.3) is 0 Å². The van der Waals surface area contributed by atoms with Crippen molar-refractivity contribution in [1.29, 1.82) is 0 Å². The molecule has 1 atom stereocenters. The van der Waals surface area contributed by atoms with E-state index in [4.69, 9.17) is 11.6 Å². The van der Waals surface area contributed by atoms with Crippen LogP contribution >= 0.6 is 11.6 Å². The molecule has 3 amide bonds. The fourth-order valence-electron chi connectivity index (χ4n) is 1.13. The molecule has 0 fully saturated rings. The Bertz CT molecular complexity index is 403. The van der Waals surface area contributed by atoms with E-state index >= 15 is 0 Å². The second-order valence-electron chi connectivity index (χ2n) is 3.64. The summed E-state index contributed by atoms with van der Waals surface area (Å²) >= 11 is 5.50. The summed E-state index contributed by atoms with van der Waals surface area (Å²) in [4.78, 5) is 22.3. The largest absolute Gasteiger partial charge is 0.336 e. The molecule has 1 heterocycles. The van der Waals surface area contributed by atoms with Crippen LogP contribution in [0.5, 0.6) is 0 Å². The zero-order chi connectivity index (χ0) is 12.8. The van der Waals surface area contributed by atoms with Crippen LogP contribution < -0.4 is 10.6 Å². The SMILES string of the molecule is Cc1cnn(CCNC(=O)NC(=O)C(C)Cl)c1. The molecule has 0 aliphatic carbocycles. The maximum Gasteiger partial charge on any atom is 0.321 e. The van der Waals surface area contributed by atoms with Crippen molar-refractivity contribution in [2.24, 2.45) is 0 Å². The first kappa shape index (κ1) is 13.5. The number of alkyl halides is 1. The third-order valence-electron chi connectivity index (χ3n) is 1.99. The van der Waals surface area contributed by atoms with Gasteiger partial charge in [-0.05, 0) is 19.4 Å². The minimum atomic E-state index is -0.727. The highest BCUT2D eigenvalue weighted by molar-refractivity contribution is 6.31. The lowest BCUT2D eigenvalue weighted by molar-refractivity contribution is -0.119. The summed E-state index contributed by atoms with van der Waals surface area (Å²) < 4.78 is 1.71. The van der Waals surface area contributed by atoms with Gasteiger partial charge >= 0.3 is 6.03 Å². The number of aryl methyl sites for hydroxylation is 1. The molecular formula is C10H15ClN4O2. The Labute approximate surface area is 104 Å². The van der Waals surface area contributed by atoms with Crippen molar-refractivity contribution in [3.8, 4) is 0 Å². The van der Waals surface area contributed by atoms with Crippen LogP contribution in [0.25, 0.3) is 0 Å². The Hall–Kier alpha value is -1.56. The number of aromatic nitrogens is 2. The standard InChI is InChI=1S/C10H15ClN4O2/c1-7-5-13-15(6-7)4-3-12-10(17)14-9(16)8(2)11/h5-6,8H,3-4H2,1-2H3,(H2,12,14,16,17). The van der Waals surface area contributed by atoms with Crippen molar-refractivity contribution < 1.29 is 9.59 Å². The molecule has 7 heteroatoms. The number of nitrogens with zero attached hydrogens (tertiary/aromatic N) is 2. The average molecular weight is 259 g/mol. The van der Waals surface area contributed by atoms with Crippen molar-refractivity contribution in [1.82, 2.24) is 20.4 Å². The summed E-state index contributed by atoms with van der Waals surface area (Å²) in [6, 6.07) is -0.550. The van der Waals surface area contributed by atoms with E-state index < -0.39 is 17.3 Å². The van der Waals surface area contributed by atoms with Crippen LogP contribution in [0.2, 0.25) is 0 Å². The summed E-state index contributed by atoms with van der Waals surface area (Å²) in [7, 11) is 0. The summed E-state index contributed by atoms with van der Waals surface area (Å²) in [5.41, 5.74) is 1.06. The number of halogens is 1. The zero-order valence-corrected chi connectivity index (χ0v) is 10.5. The number of rotatable bonds is 4. The van der Waals surface area contributed by atoms with Gasteiger partial charge in [0.2, 0.25) is 5.91 Å². The van der Waals surface area contributed by atoms with Gasteiger partial charge in [-0.2, -0.15) is 5.10 Å². The number of hydrogen-bond acceptors (Lipinski definition) is 3. The first-order valence-corrected chi connectivity index (χ1v) is 5.64. The third kappa shape index (κ3) is 4.86. The number of carbonyl (C=O) groups excluding carboxylic acids is 2.